The van der Waals surface area contributed by atoms with Crippen LogP contribution in [0.5, 0.6) is 0 Å². The minimum absolute atomic E-state index is 0.105. The fourth-order valence-corrected chi connectivity index (χ4v) is 4.64. The third-order valence-electron chi connectivity index (χ3n) is 4.53. The highest BCUT2D eigenvalue weighted by Crippen LogP contribution is 2.14. The molecule has 1 aliphatic heterocycles. The number of sulfonamides is 1. The van der Waals surface area contributed by atoms with Crippen molar-refractivity contribution in [3.05, 3.63) is 35.9 Å². The highest BCUT2D eigenvalue weighted by atomic mass is 32.2. The predicted octanol–water partition coefficient (Wildman–Crippen LogP) is 1.52. The molecule has 1 fully saturated rings. The van der Waals surface area contributed by atoms with Crippen LogP contribution in [0, 0.1) is 0 Å². The largest absolute Gasteiger partial charge is 0.354 e. The zero-order valence-electron chi connectivity index (χ0n) is 15.7. The van der Waals surface area contributed by atoms with Crippen molar-refractivity contribution in [3.8, 4) is 0 Å². The van der Waals surface area contributed by atoms with Gasteiger partial charge >= 0.3 is 0 Å². The van der Waals surface area contributed by atoms with Crippen LogP contribution in [0.4, 0.5) is 0 Å². The third-order valence-corrected chi connectivity index (χ3v) is 6.49. The summed E-state index contributed by atoms with van der Waals surface area (Å²) in [6.07, 6.45) is 4.28. The number of hydrogen-bond donors (Lipinski definition) is 2. The molecule has 150 valence electrons. The monoisotopic (exact) mass is 395 g/mol. The van der Waals surface area contributed by atoms with Crippen LogP contribution in [-0.2, 0) is 14.8 Å². The van der Waals surface area contributed by atoms with E-state index in [-0.39, 0.29) is 17.6 Å². The molecule has 2 rings (SSSR count). The van der Waals surface area contributed by atoms with Crippen LogP contribution < -0.4 is 10.6 Å². The number of nitrogens with one attached hydrogen (secondary N) is 2. The van der Waals surface area contributed by atoms with Gasteiger partial charge in [-0.05, 0) is 37.8 Å². The molecular weight excluding hydrogens is 366 g/mol. The number of carbonyl (C=O) groups is 2. The lowest BCUT2D eigenvalue weighted by molar-refractivity contribution is -0.121. The molecule has 1 aliphatic rings. The SMILES string of the molecule is O=C(CCCCS(=O)(=O)N1CCCCC1)NCCNC(=O)c1ccccc1. The Morgan fingerprint density at radius 1 is 0.926 bits per heavy atom. The molecule has 0 radical (unpaired) electrons. The first-order valence-corrected chi connectivity index (χ1v) is 11.2. The van der Waals surface area contributed by atoms with Crippen molar-refractivity contribution >= 4 is 21.8 Å². The zero-order valence-corrected chi connectivity index (χ0v) is 16.5. The maximum absolute atomic E-state index is 12.2. The second-order valence-electron chi connectivity index (χ2n) is 6.70. The predicted molar refractivity (Wildman–Crippen MR) is 105 cm³/mol. The summed E-state index contributed by atoms with van der Waals surface area (Å²) in [5.41, 5.74) is 0.582. The number of hydrogen-bond acceptors (Lipinski definition) is 4. The Bertz CT molecular complexity index is 701. The summed E-state index contributed by atoms with van der Waals surface area (Å²) in [6.45, 7) is 1.95. The quantitative estimate of drug-likeness (QED) is 0.587. The Labute approximate surface area is 161 Å². The normalized spacial score (nSPS) is 15.3. The van der Waals surface area contributed by atoms with Crippen molar-refractivity contribution < 1.29 is 18.0 Å². The van der Waals surface area contributed by atoms with E-state index < -0.39 is 10.0 Å². The molecule has 7 nitrogen and oxygen atoms in total. The first kappa shape index (κ1) is 21.4. The van der Waals surface area contributed by atoms with Crippen LogP contribution in [0.25, 0.3) is 0 Å². The lowest BCUT2D eigenvalue weighted by Gasteiger charge is -2.25. The van der Waals surface area contributed by atoms with E-state index in [4.69, 9.17) is 0 Å². The lowest BCUT2D eigenvalue weighted by atomic mass is 10.2. The van der Waals surface area contributed by atoms with Gasteiger partial charge in [0.15, 0.2) is 0 Å². The van der Waals surface area contributed by atoms with Gasteiger partial charge in [0, 0.05) is 38.2 Å². The van der Waals surface area contributed by atoms with Crippen molar-refractivity contribution in [1.82, 2.24) is 14.9 Å². The van der Waals surface area contributed by atoms with Gasteiger partial charge in [0.1, 0.15) is 0 Å². The van der Waals surface area contributed by atoms with Crippen LogP contribution in [-0.4, -0.2) is 56.5 Å². The number of piperidine rings is 1. The van der Waals surface area contributed by atoms with E-state index in [1.807, 2.05) is 6.07 Å². The maximum Gasteiger partial charge on any atom is 0.251 e. The van der Waals surface area contributed by atoms with Crippen LogP contribution in [0.15, 0.2) is 30.3 Å². The molecule has 0 bridgehead atoms. The molecule has 1 heterocycles. The number of amides is 2. The van der Waals surface area contributed by atoms with Gasteiger partial charge in [0.25, 0.3) is 5.91 Å². The first-order valence-electron chi connectivity index (χ1n) is 9.57. The molecule has 0 atom stereocenters. The standard InChI is InChI=1S/C19H29N3O4S/c23-18(20-12-13-21-19(24)17-9-3-1-4-10-17)11-5-8-16-27(25,26)22-14-6-2-7-15-22/h1,3-4,9-10H,2,5-8,11-16H2,(H,20,23)(H,21,24). The number of rotatable bonds is 10. The second kappa shape index (κ2) is 11.0. The van der Waals surface area contributed by atoms with Gasteiger partial charge in [-0.15, -0.1) is 0 Å². The number of benzene rings is 1. The third kappa shape index (κ3) is 7.68. The summed E-state index contributed by atoms with van der Waals surface area (Å²) in [7, 11) is -3.18. The van der Waals surface area contributed by atoms with Crippen LogP contribution >= 0.6 is 0 Å². The molecular formula is C19H29N3O4S. The Morgan fingerprint density at radius 3 is 2.30 bits per heavy atom. The first-order chi connectivity index (χ1) is 13.0. The molecule has 0 aromatic heterocycles. The van der Waals surface area contributed by atoms with E-state index in [9.17, 15) is 18.0 Å². The molecule has 1 aromatic rings. The highest BCUT2D eigenvalue weighted by Gasteiger charge is 2.23. The fourth-order valence-electron chi connectivity index (χ4n) is 3.00. The van der Waals surface area contributed by atoms with Crippen LogP contribution in [0.1, 0.15) is 48.9 Å². The molecule has 0 unspecified atom stereocenters. The summed E-state index contributed by atoms with van der Waals surface area (Å²) in [5.74, 6) is -0.194. The summed E-state index contributed by atoms with van der Waals surface area (Å²) < 4.78 is 26.0. The van der Waals surface area contributed by atoms with E-state index in [0.717, 1.165) is 19.3 Å². The average Bonchev–Trinajstić information content (AvgIpc) is 2.70. The van der Waals surface area contributed by atoms with E-state index in [1.54, 1.807) is 28.6 Å². The van der Waals surface area contributed by atoms with Gasteiger partial charge in [-0.1, -0.05) is 24.6 Å². The summed E-state index contributed by atoms with van der Waals surface area (Å²) in [5, 5.41) is 5.48. The van der Waals surface area contributed by atoms with Gasteiger partial charge in [0.2, 0.25) is 15.9 Å². The van der Waals surface area contributed by atoms with Crippen LogP contribution in [0.3, 0.4) is 0 Å². The highest BCUT2D eigenvalue weighted by molar-refractivity contribution is 7.89. The molecule has 1 aromatic carbocycles. The second-order valence-corrected chi connectivity index (χ2v) is 8.79. The van der Waals surface area contributed by atoms with Crippen molar-refractivity contribution in [2.75, 3.05) is 31.9 Å². The van der Waals surface area contributed by atoms with Gasteiger partial charge in [-0.3, -0.25) is 9.59 Å². The van der Waals surface area contributed by atoms with Gasteiger partial charge in [0.05, 0.1) is 5.75 Å². The summed E-state index contributed by atoms with van der Waals surface area (Å²) in [6, 6.07) is 8.89. The van der Waals surface area contributed by atoms with Crippen LogP contribution in [0.2, 0.25) is 0 Å². The molecule has 2 amide bonds. The van der Waals surface area contributed by atoms with E-state index >= 15 is 0 Å². The number of nitrogens with zero attached hydrogens (tertiary/aromatic N) is 1. The smallest absolute Gasteiger partial charge is 0.251 e. The van der Waals surface area contributed by atoms with Crippen molar-refractivity contribution in [1.29, 1.82) is 0 Å². The topological polar surface area (TPSA) is 95.6 Å². The van der Waals surface area contributed by atoms with Gasteiger partial charge in [-0.2, -0.15) is 0 Å². The van der Waals surface area contributed by atoms with E-state index in [2.05, 4.69) is 10.6 Å². The Kier molecular flexibility index (Phi) is 8.74. The molecule has 8 heteroatoms. The Balaban J connectivity index is 1.54. The fraction of sp³-hybridized carbons (Fsp3) is 0.579. The molecule has 2 N–H and O–H groups in total. The lowest BCUT2D eigenvalue weighted by Crippen LogP contribution is -2.37. The molecule has 0 spiro atoms. The maximum atomic E-state index is 12.2. The minimum Gasteiger partial charge on any atom is -0.354 e. The number of carbonyl (C=O) groups excluding carboxylic acids is 2. The van der Waals surface area contributed by atoms with Crippen molar-refractivity contribution in [3.63, 3.8) is 0 Å². The van der Waals surface area contributed by atoms with Crippen molar-refractivity contribution in [2.24, 2.45) is 0 Å². The van der Waals surface area contributed by atoms with E-state index in [0.29, 0.717) is 51.0 Å². The zero-order chi connectivity index (χ0) is 19.5. The van der Waals surface area contributed by atoms with Crippen molar-refractivity contribution in [2.45, 2.75) is 38.5 Å². The summed E-state index contributed by atoms with van der Waals surface area (Å²) in [4.78, 5) is 23.6. The molecule has 0 aliphatic carbocycles. The minimum atomic E-state index is -3.18. The Morgan fingerprint density at radius 2 is 1.59 bits per heavy atom. The molecule has 0 saturated carbocycles. The van der Waals surface area contributed by atoms with Gasteiger partial charge in [-0.25, -0.2) is 12.7 Å². The molecule has 1 saturated heterocycles. The molecule has 27 heavy (non-hydrogen) atoms. The average molecular weight is 396 g/mol. The Hall–Kier alpha value is -1.93. The number of unbranched alkanes of at least 4 members (excludes halogenated alkanes) is 1. The van der Waals surface area contributed by atoms with E-state index in [1.165, 1.54) is 0 Å². The van der Waals surface area contributed by atoms with Gasteiger partial charge < -0.3 is 10.6 Å². The summed E-state index contributed by atoms with van der Waals surface area (Å²) >= 11 is 0.